The summed E-state index contributed by atoms with van der Waals surface area (Å²) < 4.78 is 0. The highest BCUT2D eigenvalue weighted by Gasteiger charge is 2.51. The molecule has 1 fully saturated rings. The van der Waals surface area contributed by atoms with Gasteiger partial charge in [-0.15, -0.1) is 0 Å². The van der Waals surface area contributed by atoms with Gasteiger partial charge in [0.25, 0.3) is 0 Å². The first kappa shape index (κ1) is 25.2. The molecule has 2 rings (SSSR count). The van der Waals surface area contributed by atoms with Crippen LogP contribution in [0.15, 0.2) is 46.6 Å². The summed E-state index contributed by atoms with van der Waals surface area (Å²) in [6.45, 7) is 19.1. The van der Waals surface area contributed by atoms with Gasteiger partial charge >= 0.3 is 0 Å². The number of hydrogen-bond donors (Lipinski definition) is 0. The van der Waals surface area contributed by atoms with Gasteiger partial charge in [0.15, 0.2) is 0 Å². The number of hydrogen-bond acceptors (Lipinski definition) is 0. The largest absolute Gasteiger partial charge is 0.0856 e. The van der Waals surface area contributed by atoms with Crippen molar-refractivity contribution in [2.45, 2.75) is 120 Å². The van der Waals surface area contributed by atoms with Gasteiger partial charge in [-0.2, -0.15) is 0 Å². The fourth-order valence-corrected chi connectivity index (χ4v) is 6.53. The standard InChI is InChI=1S/C30H50/c1-23(2)13-9-14-24(3)15-10-16-25(4)17-11-18-27-26(5)19-20-28-29(6,7)21-12-22-30(27,28)8/h13,15,17,19,27-28H,9-12,14,16,18,20-22H2,1-8H3. The van der Waals surface area contributed by atoms with Crippen LogP contribution in [-0.4, -0.2) is 0 Å². The molecule has 0 bridgehead atoms. The second-order valence-corrected chi connectivity index (χ2v) is 11.7. The first-order valence-corrected chi connectivity index (χ1v) is 12.7. The average molecular weight is 411 g/mol. The van der Waals surface area contributed by atoms with E-state index in [9.17, 15) is 0 Å². The summed E-state index contributed by atoms with van der Waals surface area (Å²) in [4.78, 5) is 0. The topological polar surface area (TPSA) is 0 Å². The van der Waals surface area contributed by atoms with E-state index in [4.69, 9.17) is 0 Å². The van der Waals surface area contributed by atoms with Gasteiger partial charge < -0.3 is 0 Å². The maximum atomic E-state index is 2.62. The fraction of sp³-hybridized carbons (Fsp3) is 0.733. The zero-order valence-electron chi connectivity index (χ0n) is 21.5. The van der Waals surface area contributed by atoms with Gasteiger partial charge in [-0.05, 0) is 115 Å². The SMILES string of the molecule is CC(C)=CCCC(C)=CCCC(C)=CCCC1C(C)=CCC2C(C)(C)CCCC12C. The van der Waals surface area contributed by atoms with Crippen molar-refractivity contribution >= 4 is 0 Å². The summed E-state index contributed by atoms with van der Waals surface area (Å²) in [6.07, 6.45) is 22.9. The number of allylic oxidation sites excluding steroid dienone is 8. The summed E-state index contributed by atoms with van der Waals surface area (Å²) >= 11 is 0. The molecule has 0 amide bonds. The van der Waals surface area contributed by atoms with Crippen LogP contribution in [0.3, 0.4) is 0 Å². The molecule has 0 heteroatoms. The van der Waals surface area contributed by atoms with Gasteiger partial charge in [0.1, 0.15) is 0 Å². The maximum absolute atomic E-state index is 2.62. The van der Waals surface area contributed by atoms with E-state index in [2.05, 4.69) is 79.7 Å². The van der Waals surface area contributed by atoms with E-state index in [1.54, 1.807) is 16.7 Å². The minimum absolute atomic E-state index is 0.504. The zero-order valence-corrected chi connectivity index (χ0v) is 21.5. The molecule has 1 saturated carbocycles. The van der Waals surface area contributed by atoms with Crippen molar-refractivity contribution in [3.8, 4) is 0 Å². The second kappa shape index (κ2) is 11.0. The predicted molar refractivity (Wildman–Crippen MR) is 136 cm³/mol. The molecular weight excluding hydrogens is 360 g/mol. The van der Waals surface area contributed by atoms with Gasteiger partial charge in [-0.3, -0.25) is 0 Å². The van der Waals surface area contributed by atoms with Gasteiger partial charge in [-0.1, -0.05) is 73.8 Å². The minimum Gasteiger partial charge on any atom is -0.0856 e. The van der Waals surface area contributed by atoms with Gasteiger partial charge in [0, 0.05) is 0 Å². The molecule has 0 N–H and O–H groups in total. The first-order valence-electron chi connectivity index (χ1n) is 12.7. The predicted octanol–water partition coefficient (Wildman–Crippen LogP) is 9.98. The van der Waals surface area contributed by atoms with Crippen LogP contribution in [0.5, 0.6) is 0 Å². The lowest BCUT2D eigenvalue weighted by Gasteiger charge is -2.57. The van der Waals surface area contributed by atoms with Crippen molar-refractivity contribution in [3.63, 3.8) is 0 Å². The third kappa shape index (κ3) is 6.73. The lowest BCUT2D eigenvalue weighted by Crippen LogP contribution is -2.48. The molecule has 0 spiro atoms. The molecule has 0 radical (unpaired) electrons. The van der Waals surface area contributed by atoms with Crippen LogP contribution in [0.4, 0.5) is 0 Å². The van der Waals surface area contributed by atoms with E-state index < -0.39 is 0 Å². The highest BCUT2D eigenvalue weighted by molar-refractivity contribution is 5.18. The Hall–Kier alpha value is -1.04. The minimum atomic E-state index is 0.504. The van der Waals surface area contributed by atoms with Crippen LogP contribution in [0.25, 0.3) is 0 Å². The van der Waals surface area contributed by atoms with E-state index in [0.29, 0.717) is 10.8 Å². The van der Waals surface area contributed by atoms with Crippen molar-refractivity contribution in [2.24, 2.45) is 22.7 Å². The number of fused-ring (bicyclic) bond motifs is 1. The van der Waals surface area contributed by atoms with Crippen LogP contribution >= 0.6 is 0 Å². The van der Waals surface area contributed by atoms with E-state index in [1.807, 2.05) is 0 Å². The Morgan fingerprint density at radius 3 is 2.13 bits per heavy atom. The van der Waals surface area contributed by atoms with Gasteiger partial charge in [-0.25, -0.2) is 0 Å². The lowest BCUT2D eigenvalue weighted by molar-refractivity contribution is -0.0388. The van der Waals surface area contributed by atoms with E-state index in [1.165, 1.54) is 69.8 Å². The molecule has 2 aliphatic rings. The summed E-state index contributed by atoms with van der Waals surface area (Å²) in [6, 6.07) is 0. The highest BCUT2D eigenvalue weighted by atomic mass is 14.6. The quantitative estimate of drug-likeness (QED) is 0.332. The second-order valence-electron chi connectivity index (χ2n) is 11.7. The Morgan fingerprint density at radius 1 is 0.900 bits per heavy atom. The van der Waals surface area contributed by atoms with Gasteiger partial charge in [0.05, 0.1) is 0 Å². The summed E-state index contributed by atoms with van der Waals surface area (Å²) in [5, 5.41) is 0. The molecule has 3 unspecified atom stereocenters. The Morgan fingerprint density at radius 2 is 1.50 bits per heavy atom. The molecule has 0 heterocycles. The summed E-state index contributed by atoms with van der Waals surface area (Å²) in [5.41, 5.74) is 7.24. The Bertz CT molecular complexity index is 677. The van der Waals surface area contributed by atoms with Crippen molar-refractivity contribution in [1.82, 2.24) is 0 Å². The molecule has 170 valence electrons. The smallest absolute Gasteiger partial charge is 0.0146 e. The molecular formula is C30H50. The van der Waals surface area contributed by atoms with Crippen LogP contribution in [0, 0.1) is 22.7 Å². The van der Waals surface area contributed by atoms with Crippen molar-refractivity contribution in [1.29, 1.82) is 0 Å². The molecule has 0 aliphatic heterocycles. The van der Waals surface area contributed by atoms with Crippen LogP contribution in [0.2, 0.25) is 0 Å². The van der Waals surface area contributed by atoms with Crippen molar-refractivity contribution in [2.75, 3.05) is 0 Å². The molecule has 0 aromatic carbocycles. The van der Waals surface area contributed by atoms with Crippen molar-refractivity contribution < 1.29 is 0 Å². The monoisotopic (exact) mass is 410 g/mol. The van der Waals surface area contributed by atoms with E-state index >= 15 is 0 Å². The normalized spacial score (nSPS) is 29.3. The van der Waals surface area contributed by atoms with Crippen LogP contribution in [0.1, 0.15) is 120 Å². The third-order valence-corrected chi connectivity index (χ3v) is 8.37. The molecule has 0 saturated heterocycles. The van der Waals surface area contributed by atoms with Crippen LogP contribution in [-0.2, 0) is 0 Å². The third-order valence-electron chi connectivity index (χ3n) is 8.37. The summed E-state index contributed by atoms with van der Waals surface area (Å²) in [5.74, 6) is 1.63. The Labute approximate surface area is 189 Å². The first-order chi connectivity index (χ1) is 14.1. The fourth-order valence-electron chi connectivity index (χ4n) is 6.53. The van der Waals surface area contributed by atoms with E-state index in [-0.39, 0.29) is 0 Å². The average Bonchev–Trinajstić information content (AvgIpc) is 2.63. The molecule has 3 atom stereocenters. The van der Waals surface area contributed by atoms with Gasteiger partial charge in [0.2, 0.25) is 0 Å². The lowest BCUT2D eigenvalue weighted by atomic mass is 9.48. The molecule has 0 aromatic heterocycles. The van der Waals surface area contributed by atoms with Crippen LogP contribution < -0.4 is 0 Å². The number of rotatable bonds is 9. The Balaban J connectivity index is 1.87. The molecule has 0 nitrogen and oxygen atoms in total. The molecule has 0 aromatic rings. The maximum Gasteiger partial charge on any atom is -0.0146 e. The molecule has 30 heavy (non-hydrogen) atoms. The highest BCUT2D eigenvalue weighted by Crippen LogP contribution is 2.60. The molecule has 2 aliphatic carbocycles. The zero-order chi connectivity index (χ0) is 22.4. The van der Waals surface area contributed by atoms with Crippen molar-refractivity contribution in [3.05, 3.63) is 46.6 Å². The van der Waals surface area contributed by atoms with E-state index in [0.717, 1.165) is 11.8 Å². The Kier molecular flexibility index (Phi) is 9.26. The summed E-state index contributed by atoms with van der Waals surface area (Å²) in [7, 11) is 0.